The Balaban J connectivity index is 2.26. The van der Waals surface area contributed by atoms with Crippen LogP contribution in [-0.2, 0) is 0 Å². The summed E-state index contributed by atoms with van der Waals surface area (Å²) < 4.78 is 0. The molecule has 1 saturated carbocycles. The Bertz CT molecular complexity index is 180. The topological polar surface area (TPSA) is 12.0 Å². The Morgan fingerprint density at radius 3 is 2.77 bits per heavy atom. The van der Waals surface area contributed by atoms with Crippen LogP contribution in [0.3, 0.4) is 0 Å². The van der Waals surface area contributed by atoms with Crippen LogP contribution in [0.5, 0.6) is 0 Å². The molecule has 0 aromatic rings. The van der Waals surface area contributed by atoms with Gasteiger partial charge >= 0.3 is 0 Å². The van der Waals surface area contributed by atoms with Crippen LogP contribution in [0.2, 0.25) is 0 Å². The molecule has 0 aromatic heterocycles. The lowest BCUT2D eigenvalue weighted by Crippen LogP contribution is -2.36. The van der Waals surface area contributed by atoms with Crippen molar-refractivity contribution >= 4 is 0 Å². The summed E-state index contributed by atoms with van der Waals surface area (Å²) in [5, 5.41) is 3.65. The summed E-state index contributed by atoms with van der Waals surface area (Å²) in [6, 6.07) is 1.27. The molecule has 1 aliphatic carbocycles. The number of hydrogen-bond donors (Lipinski definition) is 1. The minimum atomic E-state index is 0.542. The van der Waals surface area contributed by atoms with E-state index in [0.717, 1.165) is 24.8 Å². The van der Waals surface area contributed by atoms with Gasteiger partial charge in [0.05, 0.1) is 0 Å². The van der Waals surface area contributed by atoms with Crippen LogP contribution in [0, 0.1) is 18.3 Å². The van der Waals surface area contributed by atoms with Gasteiger partial charge in [-0.1, -0.05) is 13.8 Å². The number of nitrogens with one attached hydrogen (secondary N) is 1. The molecule has 74 valence electrons. The van der Waals surface area contributed by atoms with E-state index >= 15 is 0 Å². The van der Waals surface area contributed by atoms with E-state index in [4.69, 9.17) is 6.42 Å². The van der Waals surface area contributed by atoms with Crippen molar-refractivity contribution in [3.8, 4) is 12.3 Å². The monoisotopic (exact) mass is 179 g/mol. The van der Waals surface area contributed by atoms with Crippen LogP contribution in [-0.4, -0.2) is 12.1 Å². The Morgan fingerprint density at radius 2 is 2.31 bits per heavy atom. The second-order valence-corrected chi connectivity index (χ2v) is 4.30. The van der Waals surface area contributed by atoms with Gasteiger partial charge in [-0.25, -0.2) is 0 Å². The molecule has 1 N–H and O–H groups in total. The summed E-state index contributed by atoms with van der Waals surface area (Å²) in [5.41, 5.74) is 0. The van der Waals surface area contributed by atoms with Crippen molar-refractivity contribution < 1.29 is 0 Å². The van der Waals surface area contributed by atoms with Crippen molar-refractivity contribution in [2.45, 2.75) is 58.0 Å². The van der Waals surface area contributed by atoms with E-state index in [-0.39, 0.29) is 0 Å². The van der Waals surface area contributed by atoms with Crippen molar-refractivity contribution in [3.63, 3.8) is 0 Å². The third-order valence-corrected chi connectivity index (χ3v) is 3.02. The molecule has 1 heteroatoms. The molecule has 1 rings (SSSR count). The molecule has 13 heavy (non-hydrogen) atoms. The quantitative estimate of drug-likeness (QED) is 0.654. The standard InChI is InChI=1S/C12H21N/c1-4-6-11(5-2)13-12-8-7-10(3)9-12/h1,10-13H,5-9H2,2-3H3. The van der Waals surface area contributed by atoms with E-state index in [1.807, 2.05) is 0 Å². The van der Waals surface area contributed by atoms with E-state index in [9.17, 15) is 0 Å². The van der Waals surface area contributed by atoms with Crippen LogP contribution in [0.4, 0.5) is 0 Å². The fraction of sp³-hybridized carbons (Fsp3) is 0.833. The summed E-state index contributed by atoms with van der Waals surface area (Å²) in [6.07, 6.45) is 11.4. The maximum absolute atomic E-state index is 5.32. The highest BCUT2D eigenvalue weighted by molar-refractivity contribution is 4.91. The summed E-state index contributed by atoms with van der Waals surface area (Å²) in [7, 11) is 0. The fourth-order valence-corrected chi connectivity index (χ4v) is 2.16. The maximum atomic E-state index is 5.32. The van der Waals surface area contributed by atoms with E-state index in [2.05, 4.69) is 25.1 Å². The third-order valence-electron chi connectivity index (χ3n) is 3.02. The van der Waals surface area contributed by atoms with Gasteiger partial charge in [-0.15, -0.1) is 12.3 Å². The normalized spacial score (nSPS) is 29.9. The first-order valence-corrected chi connectivity index (χ1v) is 5.45. The Labute approximate surface area is 82.3 Å². The molecule has 0 spiro atoms. The SMILES string of the molecule is C#CCC(CC)NC1CCC(C)C1. The summed E-state index contributed by atoms with van der Waals surface area (Å²) in [6.45, 7) is 4.54. The van der Waals surface area contributed by atoms with Crippen molar-refractivity contribution in [2.75, 3.05) is 0 Å². The first kappa shape index (κ1) is 10.6. The van der Waals surface area contributed by atoms with Gasteiger partial charge in [0.15, 0.2) is 0 Å². The highest BCUT2D eigenvalue weighted by Crippen LogP contribution is 2.25. The van der Waals surface area contributed by atoms with Gasteiger partial charge in [-0.05, 0) is 31.6 Å². The summed E-state index contributed by atoms with van der Waals surface area (Å²) >= 11 is 0. The Hall–Kier alpha value is -0.480. The van der Waals surface area contributed by atoms with Gasteiger partial charge in [-0.2, -0.15) is 0 Å². The molecule has 1 fully saturated rings. The molecular weight excluding hydrogens is 158 g/mol. The first-order valence-electron chi connectivity index (χ1n) is 5.45. The number of hydrogen-bond acceptors (Lipinski definition) is 1. The summed E-state index contributed by atoms with van der Waals surface area (Å²) in [4.78, 5) is 0. The van der Waals surface area contributed by atoms with Gasteiger partial charge in [0.1, 0.15) is 0 Å². The Morgan fingerprint density at radius 1 is 1.54 bits per heavy atom. The smallest absolute Gasteiger partial charge is 0.0240 e. The lowest BCUT2D eigenvalue weighted by molar-refractivity contribution is 0.417. The van der Waals surface area contributed by atoms with E-state index < -0.39 is 0 Å². The zero-order chi connectivity index (χ0) is 9.68. The molecule has 0 saturated heterocycles. The molecule has 1 aliphatic rings. The highest BCUT2D eigenvalue weighted by atomic mass is 15.0. The minimum Gasteiger partial charge on any atom is -0.310 e. The van der Waals surface area contributed by atoms with Crippen LogP contribution >= 0.6 is 0 Å². The van der Waals surface area contributed by atoms with E-state index in [1.165, 1.54) is 19.3 Å². The Kier molecular flexibility index (Phi) is 4.32. The molecular formula is C12H21N. The molecule has 3 atom stereocenters. The predicted molar refractivity (Wildman–Crippen MR) is 57.5 cm³/mol. The van der Waals surface area contributed by atoms with E-state index in [0.29, 0.717) is 6.04 Å². The van der Waals surface area contributed by atoms with Crippen molar-refractivity contribution in [1.29, 1.82) is 0 Å². The van der Waals surface area contributed by atoms with Gasteiger partial charge in [0, 0.05) is 18.5 Å². The number of rotatable bonds is 4. The molecule has 0 amide bonds. The average Bonchev–Trinajstić information content (AvgIpc) is 2.50. The zero-order valence-electron chi connectivity index (χ0n) is 8.84. The largest absolute Gasteiger partial charge is 0.310 e. The minimum absolute atomic E-state index is 0.542. The molecule has 3 unspecified atom stereocenters. The van der Waals surface area contributed by atoms with Crippen molar-refractivity contribution in [2.24, 2.45) is 5.92 Å². The summed E-state index contributed by atoms with van der Waals surface area (Å²) in [5.74, 6) is 3.64. The molecule has 0 aliphatic heterocycles. The second kappa shape index (κ2) is 5.29. The van der Waals surface area contributed by atoms with E-state index in [1.54, 1.807) is 0 Å². The van der Waals surface area contributed by atoms with Gasteiger partial charge in [0.25, 0.3) is 0 Å². The van der Waals surface area contributed by atoms with Crippen LogP contribution < -0.4 is 5.32 Å². The molecule has 0 bridgehead atoms. The zero-order valence-corrected chi connectivity index (χ0v) is 8.84. The first-order chi connectivity index (χ1) is 6.26. The number of terminal acetylenes is 1. The fourth-order valence-electron chi connectivity index (χ4n) is 2.16. The average molecular weight is 179 g/mol. The van der Waals surface area contributed by atoms with Gasteiger partial charge in [0.2, 0.25) is 0 Å². The van der Waals surface area contributed by atoms with Crippen LogP contribution in [0.1, 0.15) is 46.0 Å². The molecule has 0 heterocycles. The highest BCUT2D eigenvalue weighted by Gasteiger charge is 2.22. The second-order valence-electron chi connectivity index (χ2n) is 4.30. The van der Waals surface area contributed by atoms with Gasteiger partial charge in [-0.3, -0.25) is 0 Å². The predicted octanol–water partition coefficient (Wildman–Crippen LogP) is 2.57. The van der Waals surface area contributed by atoms with Crippen molar-refractivity contribution in [1.82, 2.24) is 5.32 Å². The van der Waals surface area contributed by atoms with Gasteiger partial charge < -0.3 is 5.32 Å². The maximum Gasteiger partial charge on any atom is 0.0240 e. The van der Waals surface area contributed by atoms with Crippen molar-refractivity contribution in [3.05, 3.63) is 0 Å². The van der Waals surface area contributed by atoms with Crippen LogP contribution in [0.15, 0.2) is 0 Å². The van der Waals surface area contributed by atoms with Crippen LogP contribution in [0.25, 0.3) is 0 Å². The molecule has 0 radical (unpaired) electrons. The third kappa shape index (κ3) is 3.40. The lowest BCUT2D eigenvalue weighted by atomic mass is 10.1. The lowest BCUT2D eigenvalue weighted by Gasteiger charge is -2.19. The molecule has 1 nitrogen and oxygen atoms in total. The molecule has 0 aromatic carbocycles.